The molecule has 4 aromatic carbocycles. The lowest BCUT2D eigenvalue weighted by molar-refractivity contribution is -0.115. The SMILES string of the molecule is COc1cccc(NC(=O)C(Sc2cccc(NC(=O)c3ccccc3C(=O)O)c2)c2ccccc2)c1. The number of hydrogen-bond donors (Lipinski definition) is 3. The van der Waals surface area contributed by atoms with Crippen molar-refractivity contribution >= 4 is 40.9 Å². The number of hydrogen-bond acceptors (Lipinski definition) is 5. The maximum absolute atomic E-state index is 13.4. The molecule has 0 aliphatic rings. The molecule has 4 aromatic rings. The lowest BCUT2D eigenvalue weighted by atomic mass is 10.1. The summed E-state index contributed by atoms with van der Waals surface area (Å²) in [5, 5.41) is 14.5. The number of aromatic carboxylic acids is 1. The summed E-state index contributed by atoms with van der Waals surface area (Å²) < 4.78 is 5.25. The molecule has 0 saturated carbocycles. The summed E-state index contributed by atoms with van der Waals surface area (Å²) in [6.45, 7) is 0. The summed E-state index contributed by atoms with van der Waals surface area (Å²) in [5.41, 5.74) is 1.90. The normalized spacial score (nSPS) is 11.3. The Labute approximate surface area is 218 Å². The zero-order valence-electron chi connectivity index (χ0n) is 19.9. The van der Waals surface area contributed by atoms with Gasteiger partial charge in [-0.15, -0.1) is 11.8 Å². The second-order valence-electron chi connectivity index (χ2n) is 7.96. The summed E-state index contributed by atoms with van der Waals surface area (Å²) in [7, 11) is 1.57. The molecular formula is C29H24N2O5S. The number of carbonyl (C=O) groups excluding carboxylic acids is 2. The van der Waals surface area contributed by atoms with Crippen molar-refractivity contribution in [3.05, 3.63) is 120 Å². The van der Waals surface area contributed by atoms with Crippen LogP contribution >= 0.6 is 11.8 Å². The van der Waals surface area contributed by atoms with Crippen LogP contribution in [-0.2, 0) is 4.79 Å². The van der Waals surface area contributed by atoms with Gasteiger partial charge in [0.1, 0.15) is 11.0 Å². The first-order valence-corrected chi connectivity index (χ1v) is 12.2. The minimum absolute atomic E-state index is 0.0629. The molecule has 7 nitrogen and oxygen atoms in total. The van der Waals surface area contributed by atoms with Crippen molar-refractivity contribution in [3.8, 4) is 5.75 Å². The van der Waals surface area contributed by atoms with E-state index in [2.05, 4.69) is 10.6 Å². The van der Waals surface area contributed by atoms with Gasteiger partial charge in [0.25, 0.3) is 5.91 Å². The van der Waals surface area contributed by atoms with E-state index in [-0.39, 0.29) is 17.0 Å². The topological polar surface area (TPSA) is 105 Å². The summed E-state index contributed by atoms with van der Waals surface area (Å²) in [4.78, 5) is 38.4. The van der Waals surface area contributed by atoms with E-state index in [0.717, 1.165) is 10.5 Å². The molecule has 0 saturated heterocycles. The molecule has 0 bridgehead atoms. The molecule has 186 valence electrons. The minimum Gasteiger partial charge on any atom is -0.497 e. The predicted octanol–water partition coefficient (Wildman–Crippen LogP) is 6.12. The summed E-state index contributed by atoms with van der Waals surface area (Å²) in [6, 6.07) is 29.6. The molecule has 1 unspecified atom stereocenters. The van der Waals surface area contributed by atoms with Crippen LogP contribution in [0.4, 0.5) is 11.4 Å². The highest BCUT2D eigenvalue weighted by Crippen LogP contribution is 2.37. The number of rotatable bonds is 9. The third kappa shape index (κ3) is 6.56. The molecule has 0 spiro atoms. The van der Waals surface area contributed by atoms with Crippen molar-refractivity contribution in [3.63, 3.8) is 0 Å². The molecule has 3 N–H and O–H groups in total. The van der Waals surface area contributed by atoms with E-state index in [1.165, 1.54) is 23.9 Å². The first kappa shape index (κ1) is 25.5. The number of carboxylic acids is 1. The quantitative estimate of drug-likeness (QED) is 0.234. The van der Waals surface area contributed by atoms with Crippen LogP contribution in [0, 0.1) is 0 Å². The van der Waals surface area contributed by atoms with Crippen molar-refractivity contribution < 1.29 is 24.2 Å². The molecule has 0 aliphatic carbocycles. The van der Waals surface area contributed by atoms with E-state index >= 15 is 0 Å². The highest BCUT2D eigenvalue weighted by atomic mass is 32.2. The van der Waals surface area contributed by atoms with Crippen molar-refractivity contribution in [2.75, 3.05) is 17.7 Å². The molecule has 0 heterocycles. The molecule has 37 heavy (non-hydrogen) atoms. The smallest absolute Gasteiger partial charge is 0.336 e. The highest BCUT2D eigenvalue weighted by molar-refractivity contribution is 8.00. The Morgan fingerprint density at radius 2 is 1.41 bits per heavy atom. The van der Waals surface area contributed by atoms with Gasteiger partial charge in [0.05, 0.1) is 18.2 Å². The molecule has 4 rings (SSSR count). The van der Waals surface area contributed by atoms with Crippen LogP contribution in [0.5, 0.6) is 5.75 Å². The Bertz CT molecular complexity index is 1420. The summed E-state index contributed by atoms with van der Waals surface area (Å²) in [5.74, 6) is -1.29. The van der Waals surface area contributed by atoms with Gasteiger partial charge in [-0.25, -0.2) is 4.79 Å². The largest absolute Gasteiger partial charge is 0.497 e. The Morgan fingerprint density at radius 3 is 2.11 bits per heavy atom. The third-order valence-electron chi connectivity index (χ3n) is 5.43. The van der Waals surface area contributed by atoms with Gasteiger partial charge in [-0.2, -0.15) is 0 Å². The number of thioether (sulfide) groups is 1. The summed E-state index contributed by atoms with van der Waals surface area (Å²) >= 11 is 1.34. The molecule has 1 atom stereocenters. The Balaban J connectivity index is 1.56. The fourth-order valence-electron chi connectivity index (χ4n) is 3.66. The molecule has 8 heteroatoms. The lowest BCUT2D eigenvalue weighted by Crippen LogP contribution is -2.19. The lowest BCUT2D eigenvalue weighted by Gasteiger charge is -2.18. The molecule has 0 fully saturated rings. The van der Waals surface area contributed by atoms with Crippen LogP contribution in [0.25, 0.3) is 0 Å². The van der Waals surface area contributed by atoms with Crippen molar-refractivity contribution in [1.29, 1.82) is 0 Å². The Morgan fingerprint density at radius 1 is 0.757 bits per heavy atom. The van der Waals surface area contributed by atoms with Gasteiger partial charge in [-0.3, -0.25) is 9.59 Å². The van der Waals surface area contributed by atoms with Crippen LogP contribution in [0.1, 0.15) is 31.5 Å². The van der Waals surface area contributed by atoms with E-state index in [4.69, 9.17) is 4.74 Å². The van der Waals surface area contributed by atoms with Crippen molar-refractivity contribution in [1.82, 2.24) is 0 Å². The number of anilines is 2. The van der Waals surface area contributed by atoms with Crippen LogP contribution in [-0.4, -0.2) is 30.0 Å². The monoisotopic (exact) mass is 512 g/mol. The molecular weight excluding hydrogens is 488 g/mol. The number of carbonyl (C=O) groups is 3. The number of ether oxygens (including phenoxy) is 1. The number of methoxy groups -OCH3 is 1. The third-order valence-corrected chi connectivity index (χ3v) is 6.67. The average molecular weight is 513 g/mol. The maximum atomic E-state index is 13.4. The van der Waals surface area contributed by atoms with Gasteiger partial charge in [-0.1, -0.05) is 54.6 Å². The van der Waals surface area contributed by atoms with Crippen LogP contribution < -0.4 is 15.4 Å². The van der Waals surface area contributed by atoms with E-state index < -0.39 is 17.1 Å². The first-order valence-electron chi connectivity index (χ1n) is 11.3. The second kappa shape index (κ2) is 11.9. The second-order valence-corrected chi connectivity index (χ2v) is 9.14. The van der Waals surface area contributed by atoms with E-state index in [9.17, 15) is 19.5 Å². The molecule has 2 amide bonds. The zero-order valence-corrected chi connectivity index (χ0v) is 20.7. The molecule has 0 aliphatic heterocycles. The number of amides is 2. The molecule has 0 radical (unpaired) electrons. The van der Waals surface area contributed by atoms with E-state index in [0.29, 0.717) is 17.1 Å². The Hall–Kier alpha value is -4.56. The average Bonchev–Trinajstić information content (AvgIpc) is 2.92. The summed E-state index contributed by atoms with van der Waals surface area (Å²) in [6.07, 6.45) is 0. The standard InChI is InChI=1S/C29H24N2O5S/c1-36-22-13-7-11-20(17-22)31-28(33)26(19-9-3-2-4-10-19)37-23-14-8-12-21(18-23)30-27(32)24-15-5-6-16-25(24)29(34)35/h2-18,26H,1H3,(H,30,32)(H,31,33)(H,34,35). The van der Waals surface area contributed by atoms with Crippen LogP contribution in [0.2, 0.25) is 0 Å². The van der Waals surface area contributed by atoms with Gasteiger partial charge in [0, 0.05) is 22.3 Å². The number of benzene rings is 4. The maximum Gasteiger partial charge on any atom is 0.336 e. The van der Waals surface area contributed by atoms with Gasteiger partial charge < -0.3 is 20.5 Å². The van der Waals surface area contributed by atoms with Gasteiger partial charge in [0.15, 0.2) is 0 Å². The number of carboxylic acid groups (broad SMARTS) is 1. The van der Waals surface area contributed by atoms with E-state index in [1.807, 2.05) is 36.4 Å². The van der Waals surface area contributed by atoms with Crippen LogP contribution in [0.15, 0.2) is 108 Å². The fourth-order valence-corrected chi connectivity index (χ4v) is 4.74. The highest BCUT2D eigenvalue weighted by Gasteiger charge is 2.23. The first-order chi connectivity index (χ1) is 17.9. The Kier molecular flexibility index (Phi) is 8.22. The zero-order chi connectivity index (χ0) is 26.2. The molecule has 0 aromatic heterocycles. The van der Waals surface area contributed by atoms with Crippen LogP contribution in [0.3, 0.4) is 0 Å². The van der Waals surface area contributed by atoms with Gasteiger partial charge >= 0.3 is 5.97 Å². The fraction of sp³-hybridized carbons (Fsp3) is 0.0690. The minimum atomic E-state index is -1.18. The number of nitrogens with one attached hydrogen (secondary N) is 2. The van der Waals surface area contributed by atoms with Gasteiger partial charge in [0.2, 0.25) is 5.91 Å². The van der Waals surface area contributed by atoms with Gasteiger partial charge in [-0.05, 0) is 48.0 Å². The van der Waals surface area contributed by atoms with E-state index in [1.54, 1.807) is 61.7 Å². The van der Waals surface area contributed by atoms with Crippen molar-refractivity contribution in [2.24, 2.45) is 0 Å². The predicted molar refractivity (Wildman–Crippen MR) is 144 cm³/mol. The van der Waals surface area contributed by atoms with Crippen molar-refractivity contribution in [2.45, 2.75) is 10.1 Å².